The van der Waals surface area contributed by atoms with Gasteiger partial charge in [-0.05, 0) is 57.8 Å². The first-order valence-electron chi connectivity index (χ1n) is 20.6. The number of nitrogens with zero attached hydrogens (tertiary/aromatic N) is 3. The van der Waals surface area contributed by atoms with Crippen molar-refractivity contribution in [2.45, 2.75) is 0 Å². The number of pyridine rings is 1. The van der Waals surface area contributed by atoms with Crippen LogP contribution in [-0.4, -0.2) is 15.0 Å². The highest BCUT2D eigenvalue weighted by molar-refractivity contribution is 6.27. The lowest BCUT2D eigenvalue weighted by molar-refractivity contribution is 0.669. The molecule has 0 spiro atoms. The summed E-state index contributed by atoms with van der Waals surface area (Å²) in [5.74, 6) is 0.677. The van der Waals surface area contributed by atoms with E-state index in [2.05, 4.69) is 188 Å². The fourth-order valence-corrected chi connectivity index (χ4v) is 9.01. The number of rotatable bonds is 6. The summed E-state index contributed by atoms with van der Waals surface area (Å²) >= 11 is 0. The van der Waals surface area contributed by atoms with Gasteiger partial charge in [0, 0.05) is 54.7 Å². The van der Waals surface area contributed by atoms with Crippen molar-refractivity contribution >= 4 is 54.4 Å². The summed E-state index contributed by atoms with van der Waals surface area (Å²) in [5, 5.41) is 7.76. The van der Waals surface area contributed by atoms with Gasteiger partial charge in [0.1, 0.15) is 11.2 Å². The molecule has 12 rings (SSSR count). The number of para-hydroxylation sites is 2. The van der Waals surface area contributed by atoms with E-state index in [1.54, 1.807) is 0 Å². The molecule has 61 heavy (non-hydrogen) atoms. The first-order valence-corrected chi connectivity index (χ1v) is 20.6. The normalized spacial score (nSPS) is 11.6. The van der Waals surface area contributed by atoms with E-state index < -0.39 is 0 Å². The highest BCUT2D eigenvalue weighted by Crippen LogP contribution is 2.47. The Bertz CT molecular complexity index is 3630. The molecular weight excluding hydrogens is 743 g/mol. The Kier molecular flexibility index (Phi) is 8.13. The van der Waals surface area contributed by atoms with Crippen LogP contribution < -0.4 is 0 Å². The molecule has 3 aromatic heterocycles. The van der Waals surface area contributed by atoms with Gasteiger partial charge in [0.05, 0.1) is 22.6 Å². The summed E-state index contributed by atoms with van der Waals surface area (Å²) in [6, 6.07) is 74.4. The van der Waals surface area contributed by atoms with Crippen molar-refractivity contribution in [3.05, 3.63) is 212 Å². The number of hydrogen-bond acceptors (Lipinski definition) is 4. The molecule has 0 amide bonds. The van der Waals surface area contributed by atoms with Crippen LogP contribution in [0.1, 0.15) is 0 Å². The van der Waals surface area contributed by atoms with Crippen LogP contribution in [0.2, 0.25) is 0 Å². The standard InChI is InChI=1S/C57H35N3O/c1-3-15-36(16-4-1)37-29-31-39(32-30-37)53-54-45-24-9-11-27-48(45)58-56(47(54)34-52-55(53)46-25-10-12-28-51(46)61-52)42-22-13-21-41(33-42)49-35-50(60-57(59-49)40-18-5-2-6-19-40)44-26-14-20-38-17-7-8-23-43(38)44/h1-35H. The minimum atomic E-state index is 0.677. The first-order chi connectivity index (χ1) is 30.2. The van der Waals surface area contributed by atoms with Gasteiger partial charge in [-0.2, -0.15) is 0 Å². The molecule has 0 aliphatic heterocycles. The molecule has 0 aliphatic rings. The van der Waals surface area contributed by atoms with Crippen molar-refractivity contribution in [2.24, 2.45) is 0 Å². The second-order valence-electron chi connectivity index (χ2n) is 15.5. The van der Waals surface area contributed by atoms with Gasteiger partial charge in [0.15, 0.2) is 5.82 Å². The third-order valence-corrected chi connectivity index (χ3v) is 11.9. The topological polar surface area (TPSA) is 51.8 Å². The molecule has 12 aromatic rings. The third kappa shape index (κ3) is 5.96. The summed E-state index contributed by atoms with van der Waals surface area (Å²) in [6.07, 6.45) is 0. The van der Waals surface area contributed by atoms with E-state index >= 15 is 0 Å². The Balaban J connectivity index is 1.10. The van der Waals surface area contributed by atoms with Crippen LogP contribution in [0.4, 0.5) is 0 Å². The largest absolute Gasteiger partial charge is 0.456 e. The van der Waals surface area contributed by atoms with E-state index in [9.17, 15) is 0 Å². The van der Waals surface area contributed by atoms with E-state index in [-0.39, 0.29) is 0 Å². The molecule has 0 N–H and O–H groups in total. The van der Waals surface area contributed by atoms with Crippen molar-refractivity contribution in [2.75, 3.05) is 0 Å². The maximum Gasteiger partial charge on any atom is 0.160 e. The summed E-state index contributed by atoms with van der Waals surface area (Å²) in [5.41, 5.74) is 13.8. The third-order valence-electron chi connectivity index (χ3n) is 11.9. The number of benzene rings is 9. The molecule has 4 heteroatoms. The molecule has 0 radical (unpaired) electrons. The quantitative estimate of drug-likeness (QED) is 0.158. The zero-order valence-electron chi connectivity index (χ0n) is 33.0. The maximum atomic E-state index is 6.71. The van der Waals surface area contributed by atoms with Crippen LogP contribution in [0.15, 0.2) is 217 Å². The smallest absolute Gasteiger partial charge is 0.160 e. The Morgan fingerprint density at radius 3 is 1.77 bits per heavy atom. The molecule has 0 unspecified atom stereocenters. The number of furan rings is 1. The van der Waals surface area contributed by atoms with Crippen molar-refractivity contribution < 1.29 is 4.42 Å². The highest BCUT2D eigenvalue weighted by Gasteiger charge is 2.22. The monoisotopic (exact) mass is 777 g/mol. The van der Waals surface area contributed by atoms with Crippen molar-refractivity contribution in [3.63, 3.8) is 0 Å². The predicted molar refractivity (Wildman–Crippen MR) is 252 cm³/mol. The van der Waals surface area contributed by atoms with Gasteiger partial charge in [0.25, 0.3) is 0 Å². The predicted octanol–water partition coefficient (Wildman–Crippen LogP) is 15.2. The Hall–Kier alpha value is -8.21. The molecule has 0 saturated heterocycles. The van der Waals surface area contributed by atoms with Gasteiger partial charge in [0.2, 0.25) is 0 Å². The van der Waals surface area contributed by atoms with E-state index in [0.29, 0.717) is 5.82 Å². The number of fused-ring (bicyclic) bond motifs is 7. The average Bonchev–Trinajstić information content (AvgIpc) is 3.71. The minimum Gasteiger partial charge on any atom is -0.456 e. The molecule has 4 nitrogen and oxygen atoms in total. The zero-order chi connectivity index (χ0) is 40.3. The molecular formula is C57H35N3O. The number of hydrogen-bond donors (Lipinski definition) is 0. The molecule has 0 fully saturated rings. The average molecular weight is 778 g/mol. The van der Waals surface area contributed by atoms with E-state index in [4.69, 9.17) is 19.4 Å². The fraction of sp³-hybridized carbons (Fsp3) is 0. The molecule has 3 heterocycles. The van der Waals surface area contributed by atoms with Gasteiger partial charge < -0.3 is 4.42 Å². The molecule has 0 aliphatic carbocycles. The summed E-state index contributed by atoms with van der Waals surface area (Å²) in [6.45, 7) is 0. The zero-order valence-corrected chi connectivity index (χ0v) is 33.0. The van der Waals surface area contributed by atoms with Crippen LogP contribution >= 0.6 is 0 Å². The molecule has 0 bridgehead atoms. The van der Waals surface area contributed by atoms with Gasteiger partial charge in [-0.15, -0.1) is 0 Å². The molecule has 9 aromatic carbocycles. The van der Waals surface area contributed by atoms with Gasteiger partial charge in [-0.25, -0.2) is 15.0 Å². The van der Waals surface area contributed by atoms with Crippen LogP contribution in [0.5, 0.6) is 0 Å². The lowest BCUT2D eigenvalue weighted by Gasteiger charge is -2.16. The van der Waals surface area contributed by atoms with Crippen molar-refractivity contribution in [1.82, 2.24) is 15.0 Å². The van der Waals surface area contributed by atoms with Crippen LogP contribution in [0.3, 0.4) is 0 Å². The molecule has 284 valence electrons. The van der Waals surface area contributed by atoms with E-state index in [1.165, 1.54) is 16.5 Å². The Morgan fingerprint density at radius 2 is 0.934 bits per heavy atom. The van der Waals surface area contributed by atoms with E-state index in [1.807, 2.05) is 24.3 Å². The summed E-state index contributed by atoms with van der Waals surface area (Å²) in [4.78, 5) is 15.9. The van der Waals surface area contributed by atoms with Crippen LogP contribution in [-0.2, 0) is 0 Å². The highest BCUT2D eigenvalue weighted by atomic mass is 16.3. The second kappa shape index (κ2) is 14.3. The van der Waals surface area contributed by atoms with Gasteiger partial charge in [-0.3, -0.25) is 0 Å². The van der Waals surface area contributed by atoms with Crippen LogP contribution in [0.25, 0.3) is 122 Å². The lowest BCUT2D eigenvalue weighted by atomic mass is 9.88. The summed E-state index contributed by atoms with van der Waals surface area (Å²) < 4.78 is 6.71. The maximum absolute atomic E-state index is 6.71. The van der Waals surface area contributed by atoms with E-state index in [0.717, 1.165) is 99.5 Å². The van der Waals surface area contributed by atoms with Crippen molar-refractivity contribution in [1.29, 1.82) is 0 Å². The lowest BCUT2D eigenvalue weighted by Crippen LogP contribution is -1.97. The SMILES string of the molecule is c1ccc(-c2ccc(-c3c4c(cc5c(-c6cccc(-c7cc(-c8cccc9ccccc89)nc(-c8ccccc8)n7)c6)nc6ccccc6c35)oc3ccccc34)cc2)cc1. The number of aromatic nitrogens is 3. The van der Waals surface area contributed by atoms with Gasteiger partial charge >= 0.3 is 0 Å². The van der Waals surface area contributed by atoms with Crippen molar-refractivity contribution in [3.8, 4) is 67.4 Å². The minimum absolute atomic E-state index is 0.677. The van der Waals surface area contributed by atoms with Crippen LogP contribution in [0, 0.1) is 0 Å². The van der Waals surface area contributed by atoms with Gasteiger partial charge in [-0.1, -0.05) is 182 Å². The Morgan fingerprint density at radius 1 is 0.328 bits per heavy atom. The first kappa shape index (κ1) is 34.8. The second-order valence-corrected chi connectivity index (χ2v) is 15.5. The summed E-state index contributed by atoms with van der Waals surface area (Å²) in [7, 11) is 0. The Labute approximate surface area is 352 Å². The molecule has 0 atom stereocenters. The molecule has 0 saturated carbocycles. The fourth-order valence-electron chi connectivity index (χ4n) is 9.01.